The summed E-state index contributed by atoms with van der Waals surface area (Å²) in [6.07, 6.45) is 2.16. The van der Waals surface area contributed by atoms with E-state index in [0.29, 0.717) is 24.3 Å². The zero-order chi connectivity index (χ0) is 22.5. The number of nitrogens with one attached hydrogen (secondary N) is 1. The molecule has 0 aromatic heterocycles. The second kappa shape index (κ2) is 9.78. The van der Waals surface area contributed by atoms with E-state index in [1.165, 1.54) is 12.1 Å². The first-order chi connectivity index (χ1) is 14.8. The fourth-order valence-corrected chi connectivity index (χ4v) is 3.96. The van der Waals surface area contributed by atoms with Gasteiger partial charge in [0.1, 0.15) is 0 Å². The van der Waals surface area contributed by atoms with Crippen LogP contribution in [0.5, 0.6) is 0 Å². The Morgan fingerprint density at radius 3 is 2.35 bits per heavy atom. The predicted molar refractivity (Wildman–Crippen MR) is 121 cm³/mol. The maximum Gasteiger partial charge on any atom is 0.270 e. The van der Waals surface area contributed by atoms with Crippen molar-refractivity contribution in [3.63, 3.8) is 0 Å². The lowest BCUT2D eigenvalue weighted by Gasteiger charge is -2.25. The average molecular weight is 445 g/mol. The molecule has 1 N–H and O–H groups in total. The van der Waals surface area contributed by atoms with E-state index in [-0.39, 0.29) is 22.2 Å². The number of carbonyl (C=O) groups excluding carboxylic acids is 2. The molecule has 2 aromatic rings. The van der Waals surface area contributed by atoms with Crippen molar-refractivity contribution >= 4 is 40.5 Å². The van der Waals surface area contributed by atoms with Crippen molar-refractivity contribution in [2.45, 2.75) is 26.7 Å². The monoisotopic (exact) mass is 444 g/mol. The quantitative estimate of drug-likeness (QED) is 0.498. The smallest absolute Gasteiger partial charge is 0.270 e. The van der Waals surface area contributed by atoms with E-state index in [4.69, 9.17) is 11.6 Å². The molecule has 2 aromatic carbocycles. The summed E-state index contributed by atoms with van der Waals surface area (Å²) >= 11 is 6.07. The maximum atomic E-state index is 13.1. The Morgan fingerprint density at radius 2 is 1.77 bits per heavy atom. The molecule has 1 heterocycles. The Kier molecular flexibility index (Phi) is 7.12. The number of hydrogen-bond acceptors (Lipinski definition) is 5. The van der Waals surface area contributed by atoms with Crippen LogP contribution in [0.15, 0.2) is 36.4 Å². The Balaban J connectivity index is 1.91. The highest BCUT2D eigenvalue weighted by atomic mass is 35.5. The van der Waals surface area contributed by atoms with Crippen LogP contribution in [-0.2, 0) is 0 Å². The van der Waals surface area contributed by atoms with E-state index in [2.05, 4.69) is 10.2 Å². The topological polar surface area (TPSA) is 95.8 Å². The summed E-state index contributed by atoms with van der Waals surface area (Å²) in [6.45, 7) is 6.82. The third-order valence-corrected chi connectivity index (χ3v) is 5.70. The summed E-state index contributed by atoms with van der Waals surface area (Å²) < 4.78 is 0. The van der Waals surface area contributed by atoms with Crippen molar-refractivity contribution in [2.24, 2.45) is 0 Å². The highest BCUT2D eigenvalue weighted by Crippen LogP contribution is 2.29. The highest BCUT2D eigenvalue weighted by Gasteiger charge is 2.23. The van der Waals surface area contributed by atoms with Gasteiger partial charge in [0.25, 0.3) is 17.5 Å². The summed E-state index contributed by atoms with van der Waals surface area (Å²) in [4.78, 5) is 40.1. The van der Waals surface area contributed by atoms with Crippen molar-refractivity contribution in [1.29, 1.82) is 0 Å². The van der Waals surface area contributed by atoms with Gasteiger partial charge in [0, 0.05) is 49.7 Å². The normalized spacial score (nSPS) is 13.2. The number of anilines is 2. The molecular weight excluding hydrogens is 420 g/mol. The number of halogens is 1. The number of benzene rings is 2. The number of rotatable bonds is 7. The minimum atomic E-state index is -0.574. The van der Waals surface area contributed by atoms with Crippen LogP contribution in [0.25, 0.3) is 0 Å². The van der Waals surface area contributed by atoms with E-state index >= 15 is 0 Å². The lowest BCUT2D eigenvalue weighted by atomic mass is 10.1. The Morgan fingerprint density at radius 1 is 1.10 bits per heavy atom. The summed E-state index contributed by atoms with van der Waals surface area (Å²) in [7, 11) is 0. The van der Waals surface area contributed by atoms with Gasteiger partial charge in [-0.05, 0) is 51.0 Å². The second-order valence-corrected chi connectivity index (χ2v) is 7.69. The van der Waals surface area contributed by atoms with E-state index in [0.717, 1.165) is 37.7 Å². The Labute approximate surface area is 185 Å². The fourth-order valence-electron chi connectivity index (χ4n) is 3.70. The van der Waals surface area contributed by atoms with Crippen molar-refractivity contribution in [3.05, 3.63) is 62.7 Å². The molecular formula is C22H25ClN4O4. The van der Waals surface area contributed by atoms with Gasteiger partial charge in [0.2, 0.25) is 0 Å². The van der Waals surface area contributed by atoms with Crippen LogP contribution in [0.1, 0.15) is 47.4 Å². The molecule has 31 heavy (non-hydrogen) atoms. The SMILES string of the molecule is CCN(CC)C(=O)c1cc(NC(=O)c2ccc([N+](=O)[O-])cc2Cl)ccc1N1CCCC1. The third-order valence-electron chi connectivity index (χ3n) is 5.39. The van der Waals surface area contributed by atoms with Crippen molar-refractivity contribution in [2.75, 3.05) is 36.4 Å². The number of nitrogens with zero attached hydrogens (tertiary/aromatic N) is 3. The van der Waals surface area contributed by atoms with Crippen LogP contribution in [0.2, 0.25) is 5.02 Å². The van der Waals surface area contributed by atoms with Gasteiger partial charge in [-0.25, -0.2) is 0 Å². The van der Waals surface area contributed by atoms with E-state index in [1.54, 1.807) is 17.0 Å². The molecule has 8 nitrogen and oxygen atoms in total. The summed E-state index contributed by atoms with van der Waals surface area (Å²) in [5.74, 6) is -0.591. The molecule has 0 atom stereocenters. The van der Waals surface area contributed by atoms with Crippen LogP contribution in [-0.4, -0.2) is 47.8 Å². The lowest BCUT2D eigenvalue weighted by Crippen LogP contribution is -2.32. The molecule has 1 saturated heterocycles. The Hall–Kier alpha value is -3.13. The van der Waals surface area contributed by atoms with Gasteiger partial charge >= 0.3 is 0 Å². The molecule has 0 radical (unpaired) electrons. The fraction of sp³-hybridized carbons (Fsp3) is 0.364. The molecule has 164 valence electrons. The van der Waals surface area contributed by atoms with Gasteiger partial charge in [-0.3, -0.25) is 19.7 Å². The van der Waals surface area contributed by atoms with Crippen molar-refractivity contribution in [3.8, 4) is 0 Å². The lowest BCUT2D eigenvalue weighted by molar-refractivity contribution is -0.384. The largest absolute Gasteiger partial charge is 0.371 e. The van der Waals surface area contributed by atoms with Crippen LogP contribution in [0.3, 0.4) is 0 Å². The number of nitro groups is 1. The minimum absolute atomic E-state index is 0.0140. The first-order valence-corrected chi connectivity index (χ1v) is 10.7. The minimum Gasteiger partial charge on any atom is -0.371 e. The molecule has 0 aliphatic carbocycles. The molecule has 3 rings (SSSR count). The summed E-state index contributed by atoms with van der Waals surface area (Å²) in [5.41, 5.74) is 1.79. The van der Waals surface area contributed by atoms with Gasteiger partial charge in [-0.15, -0.1) is 0 Å². The standard InChI is InChI=1S/C22H25ClN4O4/c1-3-25(4-2)22(29)18-13-15(7-10-20(18)26-11-5-6-12-26)24-21(28)17-9-8-16(27(30)31)14-19(17)23/h7-10,13-14H,3-6,11-12H2,1-2H3,(H,24,28). The second-order valence-electron chi connectivity index (χ2n) is 7.28. The van der Waals surface area contributed by atoms with Gasteiger partial charge in [0.15, 0.2) is 0 Å². The molecule has 0 unspecified atom stereocenters. The van der Waals surface area contributed by atoms with Crippen LogP contribution in [0, 0.1) is 10.1 Å². The van der Waals surface area contributed by atoms with Gasteiger partial charge in [-0.1, -0.05) is 11.6 Å². The van der Waals surface area contributed by atoms with Crippen molar-refractivity contribution in [1.82, 2.24) is 4.90 Å². The maximum absolute atomic E-state index is 13.1. The molecule has 1 aliphatic heterocycles. The summed E-state index contributed by atoms with van der Waals surface area (Å²) in [6, 6.07) is 8.98. The zero-order valence-corrected chi connectivity index (χ0v) is 18.3. The van der Waals surface area contributed by atoms with E-state index in [1.807, 2.05) is 19.9 Å². The number of hydrogen-bond donors (Lipinski definition) is 1. The van der Waals surface area contributed by atoms with Crippen LogP contribution in [0.4, 0.5) is 17.1 Å². The molecule has 2 amide bonds. The number of amides is 2. The molecule has 0 bridgehead atoms. The average Bonchev–Trinajstić information content (AvgIpc) is 3.29. The zero-order valence-electron chi connectivity index (χ0n) is 17.6. The number of carbonyl (C=O) groups is 2. The predicted octanol–water partition coefficient (Wildman–Crippen LogP) is 4.58. The molecule has 1 fully saturated rings. The van der Waals surface area contributed by atoms with Crippen LogP contribution >= 0.6 is 11.6 Å². The number of non-ortho nitro benzene ring substituents is 1. The van der Waals surface area contributed by atoms with E-state index < -0.39 is 10.8 Å². The first-order valence-electron chi connectivity index (χ1n) is 10.3. The number of nitro benzene ring substituents is 1. The van der Waals surface area contributed by atoms with Gasteiger partial charge in [-0.2, -0.15) is 0 Å². The summed E-state index contributed by atoms with van der Waals surface area (Å²) in [5, 5.41) is 13.6. The van der Waals surface area contributed by atoms with Crippen molar-refractivity contribution < 1.29 is 14.5 Å². The molecule has 0 spiro atoms. The van der Waals surface area contributed by atoms with Crippen LogP contribution < -0.4 is 10.2 Å². The molecule has 1 aliphatic rings. The molecule has 0 saturated carbocycles. The van der Waals surface area contributed by atoms with Gasteiger partial charge < -0.3 is 15.1 Å². The Bertz CT molecular complexity index is 1000. The first kappa shape index (κ1) is 22.6. The molecule has 9 heteroatoms. The van der Waals surface area contributed by atoms with Gasteiger partial charge in [0.05, 0.1) is 21.1 Å². The van der Waals surface area contributed by atoms with E-state index in [9.17, 15) is 19.7 Å². The third kappa shape index (κ3) is 4.96. The highest BCUT2D eigenvalue weighted by molar-refractivity contribution is 6.34.